The number of benzene rings is 1. The minimum absolute atomic E-state index is 0.199. The number of nitrogens with zero attached hydrogens (tertiary/aromatic N) is 1. The number of non-ortho nitro benzene ring substituents is 1. The lowest BCUT2D eigenvalue weighted by atomic mass is 9.90. The highest BCUT2D eigenvalue weighted by Crippen LogP contribution is 2.38. The van der Waals surface area contributed by atoms with E-state index < -0.39 is 71.5 Å². The van der Waals surface area contributed by atoms with Crippen molar-refractivity contribution < 1.29 is 57.3 Å². The Labute approximate surface area is 203 Å². The van der Waals surface area contributed by atoms with E-state index in [-0.39, 0.29) is 11.4 Å². The number of hydrogen-bond acceptors (Lipinski definition) is 13. The minimum atomic E-state index is -2.73. The standard InChI is InChI=1S/C21H24N2O13/c1-10(24)31-9-16-17(32-11(2)25)18(33-12(3)26)19(34-13(4)27)21(36-16,20(22)28)35-15-7-5-14(6-8-15)23(29)30/h5-8,16-19H,9H2,1-4H3,(H2,22,28)/t16-,17+,18+,19-,21+/m1/s1. The molecule has 0 radical (unpaired) electrons. The van der Waals surface area contributed by atoms with Gasteiger partial charge >= 0.3 is 29.7 Å². The van der Waals surface area contributed by atoms with E-state index in [1.807, 2.05) is 0 Å². The molecule has 0 unspecified atom stereocenters. The Kier molecular flexibility index (Phi) is 8.89. The lowest BCUT2D eigenvalue weighted by Gasteiger charge is -2.48. The smallest absolute Gasteiger partial charge is 0.333 e. The summed E-state index contributed by atoms with van der Waals surface area (Å²) in [5, 5.41) is 11.0. The Hall–Kier alpha value is -4.27. The molecule has 0 saturated carbocycles. The second-order valence-corrected chi connectivity index (χ2v) is 7.52. The maximum Gasteiger partial charge on any atom is 0.333 e. The van der Waals surface area contributed by atoms with E-state index in [1.54, 1.807) is 0 Å². The van der Waals surface area contributed by atoms with Gasteiger partial charge in [0.05, 0.1) is 4.92 Å². The Morgan fingerprint density at radius 1 is 0.917 bits per heavy atom. The van der Waals surface area contributed by atoms with Crippen molar-refractivity contribution >= 4 is 35.5 Å². The maximum absolute atomic E-state index is 12.8. The average molecular weight is 512 g/mol. The van der Waals surface area contributed by atoms with Crippen molar-refractivity contribution in [3.05, 3.63) is 34.4 Å². The van der Waals surface area contributed by atoms with Gasteiger partial charge in [0.1, 0.15) is 18.5 Å². The van der Waals surface area contributed by atoms with Gasteiger partial charge in [-0.05, 0) is 12.1 Å². The number of hydrogen-bond donors (Lipinski definition) is 1. The fourth-order valence-electron chi connectivity index (χ4n) is 3.41. The number of carbonyl (C=O) groups is 5. The fourth-order valence-corrected chi connectivity index (χ4v) is 3.41. The monoisotopic (exact) mass is 512 g/mol. The van der Waals surface area contributed by atoms with Crippen molar-refractivity contribution in [2.24, 2.45) is 5.73 Å². The van der Waals surface area contributed by atoms with Crippen LogP contribution in [0, 0.1) is 10.1 Å². The predicted molar refractivity (Wildman–Crippen MR) is 114 cm³/mol. The van der Waals surface area contributed by atoms with Gasteiger partial charge in [-0.15, -0.1) is 0 Å². The van der Waals surface area contributed by atoms with Crippen molar-refractivity contribution in [1.82, 2.24) is 0 Å². The fraction of sp³-hybridized carbons (Fsp3) is 0.476. The van der Waals surface area contributed by atoms with E-state index in [1.165, 1.54) is 0 Å². The third-order valence-corrected chi connectivity index (χ3v) is 4.70. The molecule has 1 aromatic rings. The van der Waals surface area contributed by atoms with Crippen LogP contribution in [-0.4, -0.2) is 71.5 Å². The molecule has 5 atom stereocenters. The van der Waals surface area contributed by atoms with Crippen LogP contribution in [0.1, 0.15) is 27.7 Å². The molecule has 1 saturated heterocycles. The highest BCUT2D eigenvalue weighted by atomic mass is 16.8. The molecule has 1 heterocycles. The first kappa shape index (κ1) is 28.0. The molecule has 1 aromatic carbocycles. The summed E-state index contributed by atoms with van der Waals surface area (Å²) in [4.78, 5) is 70.3. The summed E-state index contributed by atoms with van der Waals surface area (Å²) < 4.78 is 32.1. The number of primary amides is 1. The van der Waals surface area contributed by atoms with Gasteiger partial charge in [0.25, 0.3) is 11.6 Å². The molecule has 196 valence electrons. The number of ether oxygens (including phenoxy) is 6. The molecule has 36 heavy (non-hydrogen) atoms. The molecular formula is C21H24N2O13. The Balaban J connectivity index is 2.69. The summed E-state index contributed by atoms with van der Waals surface area (Å²) in [6.07, 6.45) is -6.73. The average Bonchev–Trinajstić information content (AvgIpc) is 2.75. The lowest BCUT2D eigenvalue weighted by molar-refractivity contribution is -0.384. The van der Waals surface area contributed by atoms with Gasteiger partial charge in [-0.2, -0.15) is 0 Å². The predicted octanol–water partition coefficient (Wildman–Crippen LogP) is -0.0878. The molecule has 1 amide bonds. The van der Waals surface area contributed by atoms with E-state index >= 15 is 0 Å². The number of carbonyl (C=O) groups excluding carboxylic acids is 5. The minimum Gasteiger partial charge on any atom is -0.463 e. The quantitative estimate of drug-likeness (QED) is 0.199. The highest BCUT2D eigenvalue weighted by Gasteiger charge is 2.65. The van der Waals surface area contributed by atoms with Gasteiger partial charge in [0.15, 0.2) is 12.2 Å². The summed E-state index contributed by atoms with van der Waals surface area (Å²) >= 11 is 0. The second kappa shape index (κ2) is 11.4. The zero-order valence-corrected chi connectivity index (χ0v) is 19.7. The third kappa shape index (κ3) is 6.65. The van der Waals surface area contributed by atoms with Crippen molar-refractivity contribution in [3.63, 3.8) is 0 Å². The van der Waals surface area contributed by atoms with Crippen LogP contribution in [0.4, 0.5) is 5.69 Å². The van der Waals surface area contributed by atoms with Gasteiger partial charge < -0.3 is 34.2 Å². The Morgan fingerprint density at radius 2 is 1.44 bits per heavy atom. The third-order valence-electron chi connectivity index (χ3n) is 4.70. The van der Waals surface area contributed by atoms with Crippen LogP contribution in [0.2, 0.25) is 0 Å². The molecule has 2 rings (SSSR count). The van der Waals surface area contributed by atoms with Crippen LogP contribution in [-0.2, 0) is 47.7 Å². The van der Waals surface area contributed by atoms with Crippen LogP contribution in [0.15, 0.2) is 24.3 Å². The van der Waals surface area contributed by atoms with Gasteiger partial charge in [0, 0.05) is 39.8 Å². The van der Waals surface area contributed by atoms with Crippen molar-refractivity contribution in [2.75, 3.05) is 6.61 Å². The van der Waals surface area contributed by atoms with Crippen molar-refractivity contribution in [1.29, 1.82) is 0 Å². The van der Waals surface area contributed by atoms with Crippen molar-refractivity contribution in [2.45, 2.75) is 57.9 Å². The lowest BCUT2D eigenvalue weighted by Crippen LogP contribution is -2.74. The molecule has 1 aliphatic rings. The van der Waals surface area contributed by atoms with E-state index in [0.717, 1.165) is 52.0 Å². The van der Waals surface area contributed by atoms with Crippen LogP contribution in [0.5, 0.6) is 5.75 Å². The first-order valence-corrected chi connectivity index (χ1v) is 10.3. The molecule has 0 aliphatic carbocycles. The molecule has 0 aromatic heterocycles. The van der Waals surface area contributed by atoms with Crippen LogP contribution >= 0.6 is 0 Å². The molecule has 0 bridgehead atoms. The van der Waals surface area contributed by atoms with Gasteiger partial charge in [-0.3, -0.25) is 34.1 Å². The van der Waals surface area contributed by atoms with E-state index in [2.05, 4.69) is 0 Å². The first-order valence-electron chi connectivity index (χ1n) is 10.3. The van der Waals surface area contributed by atoms with Crippen LogP contribution < -0.4 is 10.5 Å². The molecular weight excluding hydrogens is 488 g/mol. The van der Waals surface area contributed by atoms with Gasteiger partial charge in [-0.25, -0.2) is 0 Å². The van der Waals surface area contributed by atoms with Gasteiger partial charge in [0.2, 0.25) is 6.10 Å². The van der Waals surface area contributed by atoms with E-state index in [9.17, 15) is 34.1 Å². The van der Waals surface area contributed by atoms with E-state index in [4.69, 9.17) is 34.2 Å². The molecule has 0 spiro atoms. The number of rotatable bonds is 9. The Morgan fingerprint density at radius 3 is 1.89 bits per heavy atom. The molecule has 1 fully saturated rings. The normalized spacial score (nSPS) is 25.1. The summed E-state index contributed by atoms with van der Waals surface area (Å²) in [7, 11) is 0. The zero-order chi connectivity index (χ0) is 27.2. The molecule has 15 nitrogen and oxygen atoms in total. The van der Waals surface area contributed by atoms with Gasteiger partial charge in [-0.1, -0.05) is 0 Å². The van der Waals surface area contributed by atoms with Crippen molar-refractivity contribution in [3.8, 4) is 5.75 Å². The maximum atomic E-state index is 12.8. The van der Waals surface area contributed by atoms with E-state index in [0.29, 0.717) is 0 Å². The largest absolute Gasteiger partial charge is 0.463 e. The molecule has 15 heteroatoms. The summed E-state index contributed by atoms with van der Waals surface area (Å²) in [6.45, 7) is 3.43. The summed E-state index contributed by atoms with van der Waals surface area (Å²) in [5.74, 6) is -7.88. The first-order chi connectivity index (χ1) is 16.8. The SMILES string of the molecule is CC(=O)OC[C@H]1O[C@](Oc2ccc([N+](=O)[O-])cc2)(C(N)=O)[C@H](OC(C)=O)[C@@H](OC(C)=O)[C@H]1OC(C)=O. The summed E-state index contributed by atoms with van der Waals surface area (Å²) in [6, 6.07) is 4.32. The Bertz CT molecular complexity index is 1040. The number of nitrogens with two attached hydrogens (primary N) is 1. The number of nitro benzene ring substituents is 1. The number of amides is 1. The number of esters is 4. The summed E-state index contributed by atoms with van der Waals surface area (Å²) in [5.41, 5.74) is 5.30. The van der Waals surface area contributed by atoms with Crippen LogP contribution in [0.25, 0.3) is 0 Å². The molecule has 2 N–H and O–H groups in total. The number of nitro groups is 1. The molecule has 1 aliphatic heterocycles. The van der Waals surface area contributed by atoms with Crippen LogP contribution in [0.3, 0.4) is 0 Å². The topological polar surface area (TPSA) is 210 Å². The zero-order valence-electron chi connectivity index (χ0n) is 19.7. The highest BCUT2D eigenvalue weighted by molar-refractivity contribution is 5.84. The second-order valence-electron chi connectivity index (χ2n) is 7.52.